The van der Waals surface area contributed by atoms with Crippen LogP contribution in [-0.4, -0.2) is 14.4 Å². The lowest BCUT2D eigenvalue weighted by atomic mass is 10.1. The smallest absolute Gasteiger partial charge is 0.192 e. The monoisotopic (exact) mass is 392 g/mol. The third-order valence-electron chi connectivity index (χ3n) is 5.75. The van der Waals surface area contributed by atoms with Crippen molar-refractivity contribution < 1.29 is 4.43 Å². The molecule has 0 aliphatic rings. The minimum absolute atomic E-state index is 0.264. The fourth-order valence-corrected chi connectivity index (χ4v) is 4.22. The van der Waals surface area contributed by atoms with Crippen LogP contribution >= 0.6 is 0 Å². The molecule has 0 aromatic heterocycles. The predicted molar refractivity (Wildman–Crippen MR) is 126 cm³/mol. The first-order chi connectivity index (χ1) is 12.7. The summed E-state index contributed by atoms with van der Waals surface area (Å²) in [6.45, 7) is 16.2. The molecule has 0 N–H and O–H groups in total. The topological polar surface area (TPSA) is 9.23 Å². The summed E-state index contributed by atoms with van der Waals surface area (Å²) in [5.41, 5.74) is 0. The van der Waals surface area contributed by atoms with Gasteiger partial charge in [0.05, 0.1) is 6.10 Å². The highest BCUT2D eigenvalue weighted by Gasteiger charge is 2.38. The van der Waals surface area contributed by atoms with Crippen molar-refractivity contribution in [3.63, 3.8) is 0 Å². The van der Waals surface area contributed by atoms with Gasteiger partial charge in [0.25, 0.3) is 0 Å². The summed E-state index contributed by atoms with van der Waals surface area (Å²) in [5.74, 6) is 6.61. The summed E-state index contributed by atoms with van der Waals surface area (Å²) >= 11 is 0. The molecule has 0 aromatic rings. The zero-order valence-corrected chi connectivity index (χ0v) is 20.6. The zero-order chi connectivity index (χ0) is 20.6. The molecule has 0 aliphatic carbocycles. The van der Waals surface area contributed by atoms with Gasteiger partial charge >= 0.3 is 0 Å². The Balaban J connectivity index is 4.32. The lowest BCUT2D eigenvalue weighted by Gasteiger charge is -2.39. The Kier molecular flexibility index (Phi) is 15.1. The highest BCUT2D eigenvalue weighted by molar-refractivity contribution is 6.74. The van der Waals surface area contributed by atoms with Crippen molar-refractivity contribution in [2.24, 2.45) is 0 Å². The second-order valence-corrected chi connectivity index (χ2v) is 14.2. The van der Waals surface area contributed by atoms with Crippen LogP contribution in [0.3, 0.4) is 0 Å². The summed E-state index contributed by atoms with van der Waals surface area (Å²) in [5, 5.41) is 0.264. The molecule has 0 heterocycles. The summed E-state index contributed by atoms with van der Waals surface area (Å²) in [7, 11) is -1.71. The van der Waals surface area contributed by atoms with Crippen molar-refractivity contribution in [2.45, 2.75) is 136 Å². The molecule has 0 saturated heterocycles. The van der Waals surface area contributed by atoms with E-state index in [0.717, 1.165) is 12.8 Å². The maximum atomic E-state index is 6.65. The first-order valence-electron chi connectivity index (χ1n) is 11.6. The van der Waals surface area contributed by atoms with Crippen LogP contribution in [0.1, 0.15) is 112 Å². The van der Waals surface area contributed by atoms with E-state index in [0.29, 0.717) is 6.10 Å². The molecule has 0 saturated carbocycles. The second kappa shape index (κ2) is 15.4. The first-order valence-corrected chi connectivity index (χ1v) is 14.5. The number of unbranched alkanes of at least 4 members (excludes halogenated alkanes) is 8. The van der Waals surface area contributed by atoms with Gasteiger partial charge in [0.1, 0.15) is 0 Å². The Hall–Kier alpha value is -0.523. The maximum absolute atomic E-state index is 6.65. The van der Waals surface area contributed by atoms with Gasteiger partial charge in [-0.15, -0.1) is 0 Å². The number of rotatable bonds is 14. The minimum atomic E-state index is -1.71. The molecule has 0 spiro atoms. The average molecular weight is 393 g/mol. The van der Waals surface area contributed by atoms with Crippen molar-refractivity contribution in [3.05, 3.63) is 12.2 Å². The Morgan fingerprint density at radius 3 is 2.11 bits per heavy atom. The zero-order valence-electron chi connectivity index (χ0n) is 19.6. The first kappa shape index (κ1) is 26.5. The molecule has 0 rings (SSSR count). The van der Waals surface area contributed by atoms with Crippen molar-refractivity contribution in [1.29, 1.82) is 0 Å². The van der Waals surface area contributed by atoms with Crippen LogP contribution in [0.25, 0.3) is 0 Å². The third kappa shape index (κ3) is 14.2. The Morgan fingerprint density at radius 2 is 1.48 bits per heavy atom. The quantitative estimate of drug-likeness (QED) is 0.163. The van der Waals surface area contributed by atoms with Crippen LogP contribution in [0.2, 0.25) is 18.1 Å². The molecular formula is C25H48OSi. The summed E-state index contributed by atoms with van der Waals surface area (Å²) in [6.07, 6.45) is 19.8. The molecule has 0 aromatic carbocycles. The average Bonchev–Trinajstić information content (AvgIpc) is 2.58. The molecule has 1 nitrogen and oxygen atoms in total. The van der Waals surface area contributed by atoms with Gasteiger partial charge in [-0.3, -0.25) is 0 Å². The van der Waals surface area contributed by atoms with Gasteiger partial charge in [0, 0.05) is 6.42 Å². The SMILES string of the molecule is CCCCCCCC/C=C/C#CCC(CCCCC)O[Si](C)(C)C(C)(C)C. The fraction of sp³-hybridized carbons (Fsp3) is 0.840. The molecule has 0 radical (unpaired) electrons. The van der Waals surface area contributed by atoms with Crippen LogP contribution in [0.5, 0.6) is 0 Å². The molecule has 1 atom stereocenters. The highest BCUT2D eigenvalue weighted by Crippen LogP contribution is 2.38. The summed E-state index contributed by atoms with van der Waals surface area (Å²) < 4.78 is 6.65. The molecular weight excluding hydrogens is 344 g/mol. The number of hydrogen-bond donors (Lipinski definition) is 0. The van der Waals surface area contributed by atoms with Gasteiger partial charge in [0.2, 0.25) is 0 Å². The van der Waals surface area contributed by atoms with Gasteiger partial charge in [0.15, 0.2) is 8.32 Å². The van der Waals surface area contributed by atoms with Gasteiger partial charge in [-0.1, -0.05) is 104 Å². The molecule has 0 aliphatic heterocycles. The lowest BCUT2D eigenvalue weighted by molar-refractivity contribution is 0.172. The van der Waals surface area contributed by atoms with E-state index in [9.17, 15) is 0 Å². The molecule has 0 fully saturated rings. The fourth-order valence-electron chi connectivity index (χ4n) is 2.83. The van der Waals surface area contributed by atoms with E-state index in [2.05, 4.69) is 71.7 Å². The van der Waals surface area contributed by atoms with E-state index in [4.69, 9.17) is 4.43 Å². The predicted octanol–water partition coefficient (Wildman–Crippen LogP) is 8.66. The Morgan fingerprint density at radius 1 is 0.889 bits per heavy atom. The highest BCUT2D eigenvalue weighted by atomic mass is 28.4. The largest absolute Gasteiger partial charge is 0.413 e. The molecule has 158 valence electrons. The van der Waals surface area contributed by atoms with E-state index >= 15 is 0 Å². The summed E-state index contributed by atoms with van der Waals surface area (Å²) in [6, 6.07) is 0. The number of hydrogen-bond acceptors (Lipinski definition) is 1. The molecule has 2 heteroatoms. The summed E-state index contributed by atoms with van der Waals surface area (Å²) in [4.78, 5) is 0. The third-order valence-corrected chi connectivity index (χ3v) is 10.3. The second-order valence-electron chi connectivity index (χ2n) is 9.48. The van der Waals surface area contributed by atoms with E-state index in [1.54, 1.807) is 0 Å². The minimum Gasteiger partial charge on any atom is -0.413 e. The Labute approximate surface area is 172 Å². The molecule has 0 amide bonds. The standard InChI is InChI=1S/C25H48OSi/c1-8-10-12-13-14-15-16-17-18-19-21-23-24(22-20-11-9-2)26-27(6,7)25(3,4)5/h17-18,24H,8-16,20,22-23H2,1-7H3/b18-17+. The van der Waals surface area contributed by atoms with Gasteiger partial charge < -0.3 is 4.43 Å². The van der Waals surface area contributed by atoms with Gasteiger partial charge in [-0.05, 0) is 43.5 Å². The van der Waals surface area contributed by atoms with E-state index < -0.39 is 8.32 Å². The van der Waals surface area contributed by atoms with Crippen LogP contribution < -0.4 is 0 Å². The maximum Gasteiger partial charge on any atom is 0.192 e. The van der Waals surface area contributed by atoms with Gasteiger partial charge in [-0.25, -0.2) is 0 Å². The van der Waals surface area contributed by atoms with Crippen molar-refractivity contribution in [3.8, 4) is 11.8 Å². The van der Waals surface area contributed by atoms with Crippen LogP contribution in [0, 0.1) is 11.8 Å². The van der Waals surface area contributed by atoms with Crippen molar-refractivity contribution in [2.75, 3.05) is 0 Å². The van der Waals surface area contributed by atoms with E-state index in [1.165, 1.54) is 64.2 Å². The van der Waals surface area contributed by atoms with E-state index in [-0.39, 0.29) is 5.04 Å². The van der Waals surface area contributed by atoms with Crippen LogP contribution in [0.15, 0.2) is 12.2 Å². The van der Waals surface area contributed by atoms with Crippen molar-refractivity contribution in [1.82, 2.24) is 0 Å². The van der Waals surface area contributed by atoms with E-state index in [1.807, 2.05) is 0 Å². The molecule has 27 heavy (non-hydrogen) atoms. The molecule has 1 unspecified atom stereocenters. The van der Waals surface area contributed by atoms with Crippen LogP contribution in [-0.2, 0) is 4.43 Å². The van der Waals surface area contributed by atoms with Crippen LogP contribution in [0.4, 0.5) is 0 Å². The van der Waals surface area contributed by atoms with Crippen molar-refractivity contribution >= 4 is 8.32 Å². The lowest BCUT2D eigenvalue weighted by Crippen LogP contribution is -2.43. The number of allylic oxidation sites excluding steroid dienone is 2. The van der Waals surface area contributed by atoms with Gasteiger partial charge in [-0.2, -0.15) is 0 Å². The normalized spacial score (nSPS) is 13.6. The molecule has 0 bridgehead atoms. The Bertz CT molecular complexity index is 433.